The van der Waals surface area contributed by atoms with E-state index in [0.717, 1.165) is 36.3 Å². The number of benzene rings is 2. The van der Waals surface area contributed by atoms with Gasteiger partial charge in [0, 0.05) is 22.7 Å². The van der Waals surface area contributed by atoms with Crippen LogP contribution in [0.4, 0.5) is 4.39 Å². The molecule has 2 aromatic carbocycles. The van der Waals surface area contributed by atoms with Crippen LogP contribution in [0.5, 0.6) is 0 Å². The fraction of sp³-hybridized carbons (Fsp3) is 0.300. The summed E-state index contributed by atoms with van der Waals surface area (Å²) in [7, 11) is 0. The van der Waals surface area contributed by atoms with E-state index in [2.05, 4.69) is 22.4 Å². The normalized spacial score (nSPS) is 11.0. The number of rotatable bonds is 8. The van der Waals surface area contributed by atoms with E-state index in [-0.39, 0.29) is 12.4 Å². The molecule has 26 heavy (non-hydrogen) atoms. The number of unbranched alkanes of at least 4 members (excludes halogenated alkanes) is 1. The van der Waals surface area contributed by atoms with E-state index < -0.39 is 0 Å². The van der Waals surface area contributed by atoms with Gasteiger partial charge in [0.25, 0.3) is 0 Å². The maximum Gasteiger partial charge on any atom is 0.129 e. The van der Waals surface area contributed by atoms with Crippen LogP contribution in [0, 0.1) is 5.82 Å². The lowest BCUT2D eigenvalue weighted by atomic mass is 10.1. The Kier molecular flexibility index (Phi) is 6.36. The van der Waals surface area contributed by atoms with Gasteiger partial charge in [0.05, 0.1) is 6.54 Å². The molecule has 3 aromatic rings. The number of nitrogens with one attached hydrogen (secondary N) is 1. The maximum atomic E-state index is 14.1. The first kappa shape index (κ1) is 18.5. The topological polar surface area (TPSA) is 42.7 Å². The van der Waals surface area contributed by atoms with Crippen LogP contribution in [0.1, 0.15) is 31.0 Å². The van der Waals surface area contributed by atoms with Gasteiger partial charge in [-0.15, -0.1) is 0 Å². The first-order valence-electron chi connectivity index (χ1n) is 8.82. The highest BCUT2D eigenvalue weighted by Crippen LogP contribution is 2.23. The molecule has 0 amide bonds. The van der Waals surface area contributed by atoms with E-state index in [9.17, 15) is 4.39 Å². The molecule has 1 N–H and O–H groups in total. The van der Waals surface area contributed by atoms with E-state index in [1.807, 2.05) is 30.3 Å². The largest absolute Gasteiger partial charge is 0.311 e. The van der Waals surface area contributed by atoms with Gasteiger partial charge in [-0.1, -0.05) is 61.3 Å². The van der Waals surface area contributed by atoms with Crippen LogP contribution in [0.15, 0.2) is 48.5 Å². The summed E-state index contributed by atoms with van der Waals surface area (Å²) in [5, 5.41) is 13.0. The highest BCUT2D eigenvalue weighted by molar-refractivity contribution is 6.31. The summed E-state index contributed by atoms with van der Waals surface area (Å²) in [6.07, 6.45) is 2.25. The Balaban J connectivity index is 1.88. The summed E-state index contributed by atoms with van der Waals surface area (Å²) in [6, 6.07) is 14.6. The minimum Gasteiger partial charge on any atom is -0.311 e. The predicted octanol–water partition coefficient (Wildman–Crippen LogP) is 4.68. The van der Waals surface area contributed by atoms with Crippen LogP contribution >= 0.6 is 11.6 Å². The van der Waals surface area contributed by atoms with Gasteiger partial charge in [-0.3, -0.25) is 0 Å². The summed E-state index contributed by atoms with van der Waals surface area (Å²) in [5.41, 5.74) is 3.04. The first-order chi connectivity index (χ1) is 12.7. The molecular weight excluding hydrogens is 351 g/mol. The smallest absolute Gasteiger partial charge is 0.129 e. The zero-order chi connectivity index (χ0) is 18.4. The lowest BCUT2D eigenvalue weighted by Gasteiger charge is -2.04. The second kappa shape index (κ2) is 8.92. The van der Waals surface area contributed by atoms with Gasteiger partial charge in [0.2, 0.25) is 0 Å². The second-order valence-electron chi connectivity index (χ2n) is 6.12. The average molecular weight is 373 g/mol. The van der Waals surface area contributed by atoms with E-state index in [4.69, 9.17) is 11.6 Å². The van der Waals surface area contributed by atoms with Gasteiger partial charge in [-0.25, -0.2) is 4.39 Å². The first-order valence-corrected chi connectivity index (χ1v) is 9.20. The fourth-order valence-electron chi connectivity index (χ4n) is 2.73. The maximum absolute atomic E-state index is 14.1. The Morgan fingerprint density at radius 1 is 1.08 bits per heavy atom. The number of hydrogen-bond donors (Lipinski definition) is 1. The van der Waals surface area contributed by atoms with Crippen molar-refractivity contribution in [2.24, 2.45) is 0 Å². The zero-order valence-electron chi connectivity index (χ0n) is 14.8. The predicted molar refractivity (Wildman–Crippen MR) is 103 cm³/mol. The molecule has 4 nitrogen and oxygen atoms in total. The van der Waals surface area contributed by atoms with Gasteiger partial charge in [-0.05, 0) is 25.1 Å². The van der Waals surface area contributed by atoms with Crippen molar-refractivity contribution in [2.75, 3.05) is 6.54 Å². The van der Waals surface area contributed by atoms with Gasteiger partial charge in [0.1, 0.15) is 17.2 Å². The van der Waals surface area contributed by atoms with Crippen molar-refractivity contribution in [2.45, 2.75) is 32.9 Å². The number of aromatic nitrogens is 3. The van der Waals surface area contributed by atoms with Crippen molar-refractivity contribution in [3.63, 3.8) is 0 Å². The molecule has 0 atom stereocenters. The molecule has 136 valence electrons. The Morgan fingerprint density at radius 2 is 1.88 bits per heavy atom. The van der Waals surface area contributed by atoms with Crippen molar-refractivity contribution >= 4 is 11.6 Å². The highest BCUT2D eigenvalue weighted by Gasteiger charge is 2.15. The molecule has 3 rings (SSSR count). The molecule has 6 heteroatoms. The fourth-order valence-corrected chi connectivity index (χ4v) is 2.95. The molecule has 0 saturated heterocycles. The molecule has 1 heterocycles. The summed E-state index contributed by atoms with van der Waals surface area (Å²) in [4.78, 5) is 1.52. The molecule has 0 aliphatic rings. The van der Waals surface area contributed by atoms with Crippen molar-refractivity contribution in [3.8, 4) is 11.3 Å². The highest BCUT2D eigenvalue weighted by atomic mass is 35.5. The molecule has 0 fully saturated rings. The van der Waals surface area contributed by atoms with Crippen molar-refractivity contribution in [1.82, 2.24) is 20.3 Å². The molecule has 0 unspecified atom stereocenters. The molecule has 0 aliphatic carbocycles. The van der Waals surface area contributed by atoms with Gasteiger partial charge < -0.3 is 5.32 Å². The summed E-state index contributed by atoms with van der Waals surface area (Å²) in [5.74, 6) is -0.348. The molecule has 1 aromatic heterocycles. The summed E-state index contributed by atoms with van der Waals surface area (Å²) < 4.78 is 14.1. The molecule has 0 saturated carbocycles. The SMILES string of the molecule is CCCCNCc1nn(Cc2c(F)cccc2Cl)nc1-c1ccccc1. The number of halogens is 2. The minimum atomic E-state index is -0.348. The van der Waals surface area contributed by atoms with Crippen molar-refractivity contribution in [1.29, 1.82) is 0 Å². The Labute approximate surface area is 158 Å². The van der Waals surface area contributed by atoms with Crippen LogP contribution in [0.2, 0.25) is 5.02 Å². The Hall–Kier alpha value is -2.24. The van der Waals surface area contributed by atoms with Crippen molar-refractivity contribution < 1.29 is 4.39 Å². The van der Waals surface area contributed by atoms with Crippen LogP contribution in [0.3, 0.4) is 0 Å². The molecule has 0 radical (unpaired) electrons. The van der Waals surface area contributed by atoms with Crippen LogP contribution in [-0.4, -0.2) is 21.5 Å². The quantitative estimate of drug-likeness (QED) is 0.584. The van der Waals surface area contributed by atoms with Gasteiger partial charge in [-0.2, -0.15) is 15.0 Å². The summed E-state index contributed by atoms with van der Waals surface area (Å²) in [6.45, 7) is 3.90. The monoisotopic (exact) mass is 372 g/mol. The van der Waals surface area contributed by atoms with E-state index >= 15 is 0 Å². The van der Waals surface area contributed by atoms with E-state index in [0.29, 0.717) is 17.1 Å². The van der Waals surface area contributed by atoms with Crippen LogP contribution in [-0.2, 0) is 13.1 Å². The number of hydrogen-bond acceptors (Lipinski definition) is 3. The standard InChI is InChI=1S/C20H22ClFN4/c1-2-3-12-23-13-19-20(15-8-5-4-6-9-15)25-26(24-19)14-16-17(21)10-7-11-18(16)22/h4-11,23H,2-3,12-14H2,1H3. The summed E-state index contributed by atoms with van der Waals surface area (Å²) >= 11 is 6.14. The van der Waals surface area contributed by atoms with Gasteiger partial charge >= 0.3 is 0 Å². The third-order valence-corrected chi connectivity index (χ3v) is 4.49. The third kappa shape index (κ3) is 4.48. The Morgan fingerprint density at radius 3 is 2.62 bits per heavy atom. The van der Waals surface area contributed by atoms with Gasteiger partial charge in [0.15, 0.2) is 0 Å². The lowest BCUT2D eigenvalue weighted by Crippen LogP contribution is -2.15. The van der Waals surface area contributed by atoms with E-state index in [1.165, 1.54) is 10.9 Å². The second-order valence-corrected chi connectivity index (χ2v) is 6.53. The average Bonchev–Trinajstić information content (AvgIpc) is 3.05. The van der Waals surface area contributed by atoms with E-state index in [1.54, 1.807) is 12.1 Å². The molecule has 0 bridgehead atoms. The Bertz CT molecular complexity index is 828. The minimum absolute atomic E-state index is 0.195. The van der Waals surface area contributed by atoms with Crippen molar-refractivity contribution in [3.05, 3.63) is 70.6 Å². The number of nitrogens with zero attached hydrogens (tertiary/aromatic N) is 3. The molecule has 0 spiro atoms. The zero-order valence-corrected chi connectivity index (χ0v) is 15.5. The lowest BCUT2D eigenvalue weighted by molar-refractivity contribution is 0.542. The van der Waals surface area contributed by atoms with Crippen LogP contribution < -0.4 is 5.32 Å². The molecule has 0 aliphatic heterocycles. The van der Waals surface area contributed by atoms with Crippen LogP contribution in [0.25, 0.3) is 11.3 Å². The third-order valence-electron chi connectivity index (χ3n) is 4.13. The molecular formula is C20H22ClFN4.